The summed E-state index contributed by atoms with van der Waals surface area (Å²) in [5.74, 6) is 0.698. The molecule has 0 atom stereocenters. The first-order valence-corrected chi connectivity index (χ1v) is 9.34. The normalized spacial score (nSPS) is 16.0. The number of rotatable bonds is 6. The Bertz CT molecular complexity index is 644. The van der Waals surface area contributed by atoms with E-state index in [2.05, 4.69) is 10.3 Å². The van der Waals surface area contributed by atoms with E-state index in [9.17, 15) is 18.0 Å². The first-order chi connectivity index (χ1) is 13.3. The lowest BCUT2D eigenvalue weighted by Gasteiger charge is -2.34. The van der Waals surface area contributed by atoms with E-state index in [1.165, 1.54) is 0 Å². The number of likely N-dealkylation sites (tertiary alicyclic amines) is 1. The van der Waals surface area contributed by atoms with E-state index in [0.717, 1.165) is 25.6 Å². The van der Waals surface area contributed by atoms with Gasteiger partial charge in [-0.15, -0.1) is 0 Å². The molecule has 0 saturated carbocycles. The summed E-state index contributed by atoms with van der Waals surface area (Å²) in [5.41, 5.74) is 0. The van der Waals surface area contributed by atoms with Crippen molar-refractivity contribution in [2.24, 2.45) is 4.99 Å². The number of guanidine groups is 1. The molecule has 1 N–H and O–H groups in total. The Morgan fingerprint density at radius 3 is 2.50 bits per heavy atom. The predicted octanol–water partition coefficient (Wildman–Crippen LogP) is 2.52. The molecule has 28 heavy (non-hydrogen) atoms. The fourth-order valence-electron chi connectivity index (χ4n) is 2.92. The van der Waals surface area contributed by atoms with Gasteiger partial charge < -0.3 is 19.9 Å². The highest BCUT2D eigenvalue weighted by Crippen LogP contribution is 2.19. The Morgan fingerprint density at radius 1 is 1.29 bits per heavy atom. The van der Waals surface area contributed by atoms with Crippen molar-refractivity contribution in [1.82, 2.24) is 15.1 Å². The number of carbonyl (C=O) groups is 1. The van der Waals surface area contributed by atoms with Crippen LogP contribution in [0.4, 0.5) is 13.2 Å². The van der Waals surface area contributed by atoms with Crippen LogP contribution in [-0.4, -0.2) is 73.7 Å². The molecule has 1 aromatic rings. The van der Waals surface area contributed by atoms with E-state index < -0.39 is 18.6 Å². The Morgan fingerprint density at radius 2 is 1.93 bits per heavy atom. The number of aliphatic imine (C=N–C) groups is 1. The molecule has 2 rings (SSSR count). The molecule has 1 aliphatic heterocycles. The zero-order chi connectivity index (χ0) is 20.6. The number of nitrogens with zero attached hydrogens (tertiary/aromatic N) is 3. The summed E-state index contributed by atoms with van der Waals surface area (Å²) < 4.78 is 43.2. The van der Waals surface area contributed by atoms with Gasteiger partial charge in [0.15, 0.2) is 5.96 Å². The highest BCUT2D eigenvalue weighted by atomic mass is 19.4. The minimum atomic E-state index is -4.42. The van der Waals surface area contributed by atoms with Crippen molar-refractivity contribution in [3.8, 4) is 5.75 Å². The molecule has 1 aromatic carbocycles. The SMILES string of the molecule is CCNC(=NCC(=O)N(C)CC(F)(F)F)N1CCC(Oc2ccccc2)CC1. The van der Waals surface area contributed by atoms with Crippen molar-refractivity contribution in [3.63, 3.8) is 0 Å². The van der Waals surface area contributed by atoms with Crippen molar-refractivity contribution in [1.29, 1.82) is 0 Å². The van der Waals surface area contributed by atoms with Crippen LogP contribution in [0.5, 0.6) is 5.75 Å². The average molecular weight is 400 g/mol. The summed E-state index contributed by atoms with van der Waals surface area (Å²) in [6.07, 6.45) is -2.73. The summed E-state index contributed by atoms with van der Waals surface area (Å²) in [6.45, 7) is 2.28. The number of ether oxygens (including phenoxy) is 1. The maximum atomic E-state index is 12.4. The Labute approximate surface area is 163 Å². The molecule has 1 heterocycles. The number of likely N-dealkylation sites (N-methyl/N-ethyl adjacent to an activating group) is 1. The average Bonchev–Trinajstić information content (AvgIpc) is 2.65. The van der Waals surface area contributed by atoms with Gasteiger partial charge in [0.1, 0.15) is 24.9 Å². The van der Waals surface area contributed by atoms with Crippen LogP contribution in [0.3, 0.4) is 0 Å². The van der Waals surface area contributed by atoms with Crippen LogP contribution in [0.2, 0.25) is 0 Å². The maximum absolute atomic E-state index is 12.4. The molecular weight excluding hydrogens is 373 g/mol. The van der Waals surface area contributed by atoms with E-state index in [1.807, 2.05) is 42.2 Å². The number of nitrogens with one attached hydrogen (secondary N) is 1. The van der Waals surface area contributed by atoms with Crippen molar-refractivity contribution < 1.29 is 22.7 Å². The highest BCUT2D eigenvalue weighted by molar-refractivity contribution is 5.85. The van der Waals surface area contributed by atoms with Crippen LogP contribution in [0.25, 0.3) is 0 Å². The predicted molar refractivity (Wildman–Crippen MR) is 101 cm³/mol. The monoisotopic (exact) mass is 400 g/mol. The van der Waals surface area contributed by atoms with E-state index >= 15 is 0 Å². The molecule has 1 amide bonds. The van der Waals surface area contributed by atoms with Crippen molar-refractivity contribution >= 4 is 11.9 Å². The summed E-state index contributed by atoms with van der Waals surface area (Å²) in [6, 6.07) is 9.62. The lowest BCUT2D eigenvalue weighted by molar-refractivity contribution is -0.157. The second-order valence-electron chi connectivity index (χ2n) is 6.65. The first-order valence-electron chi connectivity index (χ1n) is 9.34. The molecule has 1 aliphatic rings. The summed E-state index contributed by atoms with van der Waals surface area (Å²) >= 11 is 0. The number of hydrogen-bond acceptors (Lipinski definition) is 3. The number of halogens is 3. The molecule has 0 spiro atoms. The van der Waals surface area contributed by atoms with Gasteiger partial charge in [-0.1, -0.05) is 18.2 Å². The third-order valence-corrected chi connectivity index (χ3v) is 4.33. The number of benzene rings is 1. The van der Waals surface area contributed by atoms with Crippen molar-refractivity contribution in [2.45, 2.75) is 32.0 Å². The fourth-order valence-corrected chi connectivity index (χ4v) is 2.92. The molecule has 0 bridgehead atoms. The lowest BCUT2D eigenvalue weighted by Crippen LogP contribution is -2.48. The molecular formula is C19H27F3N4O2. The van der Waals surface area contributed by atoms with Crippen molar-refractivity contribution in [2.75, 3.05) is 39.8 Å². The highest BCUT2D eigenvalue weighted by Gasteiger charge is 2.31. The van der Waals surface area contributed by atoms with Crippen LogP contribution in [0.15, 0.2) is 35.3 Å². The number of alkyl halides is 3. The van der Waals surface area contributed by atoms with Crippen LogP contribution in [-0.2, 0) is 4.79 Å². The first kappa shape index (κ1) is 21.8. The standard InChI is InChI=1S/C19H27F3N4O2/c1-3-23-18(24-13-17(27)25(2)14-19(20,21)22)26-11-9-16(10-12-26)28-15-7-5-4-6-8-15/h4-8,16H,3,9-14H2,1-2H3,(H,23,24). The van der Waals surface area contributed by atoms with Gasteiger partial charge in [-0.2, -0.15) is 13.2 Å². The number of para-hydroxylation sites is 1. The zero-order valence-corrected chi connectivity index (χ0v) is 16.2. The smallest absolute Gasteiger partial charge is 0.406 e. The van der Waals surface area contributed by atoms with Gasteiger partial charge in [-0.25, -0.2) is 4.99 Å². The van der Waals surface area contributed by atoms with Crippen LogP contribution in [0.1, 0.15) is 19.8 Å². The molecule has 6 nitrogen and oxygen atoms in total. The molecule has 0 aliphatic carbocycles. The third-order valence-electron chi connectivity index (χ3n) is 4.33. The van der Waals surface area contributed by atoms with Gasteiger partial charge in [0, 0.05) is 39.5 Å². The number of hydrogen-bond donors (Lipinski definition) is 1. The quantitative estimate of drug-likeness (QED) is 0.589. The summed E-state index contributed by atoms with van der Waals surface area (Å²) in [4.78, 5) is 18.8. The zero-order valence-electron chi connectivity index (χ0n) is 16.2. The molecule has 156 valence electrons. The third kappa shape index (κ3) is 7.28. The van der Waals surface area contributed by atoms with E-state index in [1.54, 1.807) is 0 Å². The van der Waals surface area contributed by atoms with E-state index in [4.69, 9.17) is 4.74 Å². The lowest BCUT2D eigenvalue weighted by atomic mass is 10.1. The summed E-state index contributed by atoms with van der Waals surface area (Å²) in [7, 11) is 1.13. The molecule has 9 heteroatoms. The van der Waals surface area contributed by atoms with Crippen LogP contribution < -0.4 is 10.1 Å². The molecule has 0 unspecified atom stereocenters. The van der Waals surface area contributed by atoms with Crippen molar-refractivity contribution in [3.05, 3.63) is 30.3 Å². The largest absolute Gasteiger partial charge is 0.490 e. The van der Waals surface area contributed by atoms with Gasteiger partial charge >= 0.3 is 6.18 Å². The Kier molecular flexibility index (Phi) is 7.95. The van der Waals surface area contributed by atoms with Crippen LogP contribution >= 0.6 is 0 Å². The van der Waals surface area contributed by atoms with E-state index in [0.29, 0.717) is 30.5 Å². The molecule has 0 aromatic heterocycles. The maximum Gasteiger partial charge on any atom is 0.406 e. The van der Waals surface area contributed by atoms with E-state index in [-0.39, 0.29) is 12.6 Å². The Balaban J connectivity index is 1.88. The van der Waals surface area contributed by atoms with Gasteiger partial charge in [0.25, 0.3) is 0 Å². The fraction of sp³-hybridized carbons (Fsp3) is 0.579. The molecule has 1 saturated heterocycles. The molecule has 0 radical (unpaired) electrons. The van der Waals surface area contributed by atoms with Gasteiger partial charge in [-0.3, -0.25) is 4.79 Å². The number of piperidine rings is 1. The Hall–Kier alpha value is -2.45. The number of amides is 1. The van der Waals surface area contributed by atoms with Gasteiger partial charge in [0.05, 0.1) is 0 Å². The van der Waals surface area contributed by atoms with Gasteiger partial charge in [-0.05, 0) is 19.1 Å². The molecule has 1 fully saturated rings. The number of carbonyl (C=O) groups excluding carboxylic acids is 1. The minimum Gasteiger partial charge on any atom is -0.490 e. The second-order valence-corrected chi connectivity index (χ2v) is 6.65. The summed E-state index contributed by atoms with van der Waals surface area (Å²) in [5, 5.41) is 3.10. The van der Waals surface area contributed by atoms with Gasteiger partial charge in [0.2, 0.25) is 5.91 Å². The second kappa shape index (κ2) is 10.2. The topological polar surface area (TPSA) is 57.2 Å². The van der Waals surface area contributed by atoms with Crippen LogP contribution in [0, 0.1) is 0 Å². The minimum absolute atomic E-state index is 0.0982.